The van der Waals surface area contributed by atoms with Gasteiger partial charge in [-0.3, -0.25) is 0 Å². The number of hydrogen-bond donors (Lipinski definition) is 1. The molecule has 0 saturated heterocycles. The Morgan fingerprint density at radius 1 is 1.32 bits per heavy atom. The Hall–Kier alpha value is -2.91. The van der Waals surface area contributed by atoms with Crippen LogP contribution < -0.4 is 10.5 Å². The van der Waals surface area contributed by atoms with Crippen LogP contribution in [0.1, 0.15) is 11.3 Å². The van der Waals surface area contributed by atoms with Gasteiger partial charge in [0.1, 0.15) is 24.3 Å². The number of nitrogens with zero attached hydrogens (tertiary/aromatic N) is 3. The highest BCUT2D eigenvalue weighted by molar-refractivity contribution is 6.30. The highest BCUT2D eigenvalue weighted by atomic mass is 35.5. The van der Waals surface area contributed by atoms with Gasteiger partial charge in [0.15, 0.2) is 5.56 Å². The number of nitrogens with two attached hydrogens (primary N) is 1. The number of furan rings is 1. The second-order valence-corrected chi connectivity index (χ2v) is 4.87. The standard InChI is InChI=1S/C15H11ClN4O2/c16-10-3-5-11(6-4-10)20-14(18)13(8-17)15(19-20)22-9-12-2-1-7-21-12/h1-7H,9,18H2. The lowest BCUT2D eigenvalue weighted by atomic mass is 10.3. The van der Waals surface area contributed by atoms with E-state index in [0.29, 0.717) is 16.5 Å². The highest BCUT2D eigenvalue weighted by Crippen LogP contribution is 2.27. The minimum atomic E-state index is 0.159. The van der Waals surface area contributed by atoms with E-state index in [-0.39, 0.29) is 23.9 Å². The molecular formula is C15H11ClN4O2. The SMILES string of the molecule is N#Cc1c(OCc2ccco2)nn(-c2ccc(Cl)cc2)c1N. The maximum atomic E-state index is 9.25. The number of rotatable bonds is 4. The quantitative estimate of drug-likeness (QED) is 0.799. The Morgan fingerprint density at radius 3 is 2.73 bits per heavy atom. The minimum Gasteiger partial charge on any atom is -0.467 e. The smallest absolute Gasteiger partial charge is 0.254 e. The lowest BCUT2D eigenvalue weighted by Gasteiger charge is -2.03. The van der Waals surface area contributed by atoms with Gasteiger partial charge in [0.25, 0.3) is 5.88 Å². The topological polar surface area (TPSA) is 90.0 Å². The zero-order chi connectivity index (χ0) is 15.5. The Labute approximate surface area is 131 Å². The van der Waals surface area contributed by atoms with Gasteiger partial charge in [-0.25, -0.2) is 4.68 Å². The Morgan fingerprint density at radius 2 is 2.09 bits per heavy atom. The molecule has 2 heterocycles. The fraction of sp³-hybridized carbons (Fsp3) is 0.0667. The van der Waals surface area contributed by atoms with Crippen LogP contribution in [0.4, 0.5) is 5.82 Å². The number of benzene rings is 1. The molecule has 2 aromatic heterocycles. The maximum Gasteiger partial charge on any atom is 0.254 e. The van der Waals surface area contributed by atoms with E-state index in [1.54, 1.807) is 42.7 Å². The number of halogens is 1. The second-order valence-electron chi connectivity index (χ2n) is 4.43. The third kappa shape index (κ3) is 2.62. The molecule has 0 spiro atoms. The molecule has 2 N–H and O–H groups in total. The normalized spacial score (nSPS) is 10.4. The summed E-state index contributed by atoms with van der Waals surface area (Å²) in [5, 5.41) is 14.1. The Kier molecular flexibility index (Phi) is 3.73. The molecule has 0 atom stereocenters. The summed E-state index contributed by atoms with van der Waals surface area (Å²) in [6, 6.07) is 12.5. The highest BCUT2D eigenvalue weighted by Gasteiger charge is 2.18. The van der Waals surface area contributed by atoms with Crippen LogP contribution >= 0.6 is 11.6 Å². The van der Waals surface area contributed by atoms with Crippen molar-refractivity contribution in [1.29, 1.82) is 5.26 Å². The van der Waals surface area contributed by atoms with Gasteiger partial charge in [-0.15, -0.1) is 5.10 Å². The maximum absolute atomic E-state index is 9.25. The van der Waals surface area contributed by atoms with E-state index in [1.807, 2.05) is 6.07 Å². The average molecular weight is 315 g/mol. The summed E-state index contributed by atoms with van der Waals surface area (Å²) < 4.78 is 12.1. The molecule has 0 bridgehead atoms. The minimum absolute atomic E-state index is 0.159. The Bertz CT molecular complexity index is 817. The summed E-state index contributed by atoms with van der Waals surface area (Å²) >= 11 is 5.86. The molecule has 0 aliphatic rings. The summed E-state index contributed by atoms with van der Waals surface area (Å²) in [6.07, 6.45) is 1.55. The van der Waals surface area contributed by atoms with Crippen LogP contribution in [0.15, 0.2) is 47.1 Å². The van der Waals surface area contributed by atoms with Gasteiger partial charge in [-0.2, -0.15) is 5.26 Å². The van der Waals surface area contributed by atoms with Gasteiger partial charge in [-0.05, 0) is 36.4 Å². The number of aromatic nitrogens is 2. The van der Waals surface area contributed by atoms with Crippen molar-refractivity contribution in [2.75, 3.05) is 5.73 Å². The van der Waals surface area contributed by atoms with Gasteiger partial charge in [0.2, 0.25) is 0 Å². The third-order valence-electron chi connectivity index (χ3n) is 3.00. The summed E-state index contributed by atoms with van der Waals surface area (Å²) in [7, 11) is 0. The third-order valence-corrected chi connectivity index (χ3v) is 3.26. The summed E-state index contributed by atoms with van der Waals surface area (Å²) in [5.41, 5.74) is 6.84. The van der Waals surface area contributed by atoms with E-state index in [9.17, 15) is 5.26 Å². The fourth-order valence-electron chi connectivity index (χ4n) is 1.93. The number of ether oxygens (including phenoxy) is 1. The zero-order valence-electron chi connectivity index (χ0n) is 11.4. The first-order valence-corrected chi connectivity index (χ1v) is 6.76. The van der Waals surface area contributed by atoms with E-state index < -0.39 is 0 Å². The van der Waals surface area contributed by atoms with Gasteiger partial charge >= 0.3 is 0 Å². The first-order valence-electron chi connectivity index (χ1n) is 6.38. The molecule has 3 aromatic rings. The fourth-order valence-corrected chi connectivity index (χ4v) is 2.06. The first-order chi connectivity index (χ1) is 10.7. The van der Waals surface area contributed by atoms with Crippen LogP contribution in [0.3, 0.4) is 0 Å². The van der Waals surface area contributed by atoms with Gasteiger partial charge in [0, 0.05) is 5.02 Å². The molecule has 6 nitrogen and oxygen atoms in total. The number of anilines is 1. The lowest BCUT2D eigenvalue weighted by Crippen LogP contribution is -2.02. The summed E-state index contributed by atoms with van der Waals surface area (Å²) in [6.45, 7) is 0.165. The van der Waals surface area contributed by atoms with Crippen molar-refractivity contribution in [3.8, 4) is 17.6 Å². The summed E-state index contributed by atoms with van der Waals surface area (Å²) in [4.78, 5) is 0. The van der Waals surface area contributed by atoms with Crippen molar-refractivity contribution in [3.05, 3.63) is 59.0 Å². The average Bonchev–Trinajstić information content (AvgIpc) is 3.14. The molecule has 0 unspecified atom stereocenters. The predicted octanol–water partition coefficient (Wildman–Crippen LogP) is 3.15. The Balaban J connectivity index is 1.92. The van der Waals surface area contributed by atoms with Gasteiger partial charge < -0.3 is 14.9 Å². The van der Waals surface area contributed by atoms with E-state index >= 15 is 0 Å². The molecule has 3 rings (SSSR count). The predicted molar refractivity (Wildman–Crippen MR) is 80.7 cm³/mol. The number of nitrogen functional groups attached to an aromatic ring is 1. The molecule has 110 valence electrons. The van der Waals surface area contributed by atoms with Gasteiger partial charge in [0.05, 0.1) is 12.0 Å². The molecule has 0 aliphatic heterocycles. The molecule has 7 heteroatoms. The zero-order valence-corrected chi connectivity index (χ0v) is 12.1. The molecule has 0 radical (unpaired) electrons. The van der Waals surface area contributed by atoms with Crippen LogP contribution in [0.2, 0.25) is 5.02 Å². The van der Waals surface area contributed by atoms with E-state index in [4.69, 9.17) is 26.5 Å². The van der Waals surface area contributed by atoms with E-state index in [0.717, 1.165) is 0 Å². The summed E-state index contributed by atoms with van der Waals surface area (Å²) in [5.74, 6) is 0.995. The van der Waals surface area contributed by atoms with Crippen LogP contribution in [0, 0.1) is 11.3 Å². The van der Waals surface area contributed by atoms with Crippen LogP contribution in [-0.4, -0.2) is 9.78 Å². The lowest BCUT2D eigenvalue weighted by molar-refractivity contribution is 0.258. The van der Waals surface area contributed by atoms with Crippen LogP contribution in [0.5, 0.6) is 5.88 Å². The second kappa shape index (κ2) is 5.84. The number of hydrogen-bond acceptors (Lipinski definition) is 5. The molecule has 0 aliphatic carbocycles. The van der Waals surface area contributed by atoms with E-state index in [2.05, 4.69) is 5.10 Å². The molecule has 22 heavy (non-hydrogen) atoms. The molecule has 0 fully saturated rings. The largest absolute Gasteiger partial charge is 0.467 e. The van der Waals surface area contributed by atoms with E-state index in [1.165, 1.54) is 4.68 Å². The van der Waals surface area contributed by atoms with Crippen LogP contribution in [0.25, 0.3) is 5.69 Å². The molecule has 0 amide bonds. The monoisotopic (exact) mass is 314 g/mol. The van der Waals surface area contributed by atoms with Crippen molar-refractivity contribution in [3.63, 3.8) is 0 Å². The van der Waals surface area contributed by atoms with Crippen molar-refractivity contribution in [2.24, 2.45) is 0 Å². The van der Waals surface area contributed by atoms with Gasteiger partial charge in [-0.1, -0.05) is 11.6 Å². The van der Waals surface area contributed by atoms with Crippen molar-refractivity contribution in [1.82, 2.24) is 9.78 Å². The first kappa shape index (κ1) is 14.0. The molecule has 0 saturated carbocycles. The van der Waals surface area contributed by atoms with Crippen molar-refractivity contribution < 1.29 is 9.15 Å². The van der Waals surface area contributed by atoms with Crippen LogP contribution in [-0.2, 0) is 6.61 Å². The molecular weight excluding hydrogens is 304 g/mol. The molecule has 1 aromatic carbocycles. The van der Waals surface area contributed by atoms with Crippen molar-refractivity contribution >= 4 is 17.4 Å². The van der Waals surface area contributed by atoms with Crippen molar-refractivity contribution in [2.45, 2.75) is 6.61 Å². The number of nitriles is 1.